The lowest BCUT2D eigenvalue weighted by atomic mass is 10.1. The molecule has 1 atom stereocenters. The Labute approximate surface area is 150 Å². The van der Waals surface area contributed by atoms with Crippen molar-refractivity contribution in [3.8, 4) is 0 Å². The first-order valence-corrected chi connectivity index (χ1v) is 8.83. The molecule has 0 radical (unpaired) electrons. The van der Waals surface area contributed by atoms with Gasteiger partial charge in [0.25, 0.3) is 5.91 Å². The van der Waals surface area contributed by atoms with E-state index in [0.29, 0.717) is 11.4 Å². The van der Waals surface area contributed by atoms with Crippen LogP contribution in [0.25, 0.3) is 0 Å². The Kier molecular flexibility index (Phi) is 5.59. The van der Waals surface area contributed by atoms with Gasteiger partial charge in [0.2, 0.25) is 5.91 Å². The summed E-state index contributed by atoms with van der Waals surface area (Å²) in [4.78, 5) is 25.7. The van der Waals surface area contributed by atoms with E-state index >= 15 is 0 Å². The van der Waals surface area contributed by atoms with Gasteiger partial charge >= 0.3 is 0 Å². The van der Waals surface area contributed by atoms with E-state index in [0.717, 1.165) is 11.1 Å². The van der Waals surface area contributed by atoms with Gasteiger partial charge in [0.1, 0.15) is 6.04 Å². The first-order chi connectivity index (χ1) is 12.2. The SMILES string of the molecule is O=C(NC(C(=O)NCc1ccccc1)c1ccccc1)c1cccs1. The molecule has 0 spiro atoms. The minimum absolute atomic E-state index is 0.236. The summed E-state index contributed by atoms with van der Waals surface area (Å²) in [5, 5.41) is 7.56. The number of hydrogen-bond acceptors (Lipinski definition) is 3. The molecule has 0 saturated carbocycles. The van der Waals surface area contributed by atoms with Crippen molar-refractivity contribution in [2.75, 3.05) is 0 Å². The van der Waals surface area contributed by atoms with E-state index in [2.05, 4.69) is 10.6 Å². The summed E-state index contributed by atoms with van der Waals surface area (Å²) in [5.41, 5.74) is 1.75. The van der Waals surface area contributed by atoms with Crippen LogP contribution in [0.4, 0.5) is 0 Å². The average Bonchev–Trinajstić information content (AvgIpc) is 3.20. The Morgan fingerprint density at radius 1 is 0.880 bits per heavy atom. The molecule has 0 bridgehead atoms. The van der Waals surface area contributed by atoms with Crippen molar-refractivity contribution >= 4 is 23.2 Å². The molecule has 3 aromatic rings. The van der Waals surface area contributed by atoms with Crippen molar-refractivity contribution in [1.82, 2.24) is 10.6 Å². The van der Waals surface area contributed by atoms with Crippen molar-refractivity contribution < 1.29 is 9.59 Å². The van der Waals surface area contributed by atoms with Crippen LogP contribution in [0.1, 0.15) is 26.8 Å². The fourth-order valence-electron chi connectivity index (χ4n) is 2.44. The normalized spacial score (nSPS) is 11.5. The van der Waals surface area contributed by atoms with Gasteiger partial charge in [-0.1, -0.05) is 66.7 Å². The standard InChI is InChI=1S/C20H18N2O2S/c23-19(17-12-7-13-25-17)22-18(16-10-5-2-6-11-16)20(24)21-14-15-8-3-1-4-9-15/h1-13,18H,14H2,(H,21,24)(H,22,23). The van der Waals surface area contributed by atoms with Crippen LogP contribution in [-0.4, -0.2) is 11.8 Å². The van der Waals surface area contributed by atoms with Crippen LogP contribution in [-0.2, 0) is 11.3 Å². The zero-order chi connectivity index (χ0) is 17.5. The first-order valence-electron chi connectivity index (χ1n) is 7.95. The largest absolute Gasteiger partial charge is 0.350 e. The van der Waals surface area contributed by atoms with Gasteiger partial charge in [-0.05, 0) is 22.6 Å². The fourth-order valence-corrected chi connectivity index (χ4v) is 3.07. The summed E-state index contributed by atoms with van der Waals surface area (Å²) in [6.45, 7) is 0.415. The zero-order valence-corrected chi connectivity index (χ0v) is 14.3. The van der Waals surface area contributed by atoms with Crippen LogP contribution in [0.2, 0.25) is 0 Å². The molecule has 25 heavy (non-hydrogen) atoms. The molecule has 5 heteroatoms. The fraction of sp³-hybridized carbons (Fsp3) is 0.100. The quantitative estimate of drug-likeness (QED) is 0.714. The zero-order valence-electron chi connectivity index (χ0n) is 13.5. The number of nitrogens with one attached hydrogen (secondary N) is 2. The van der Waals surface area contributed by atoms with Gasteiger partial charge in [-0.3, -0.25) is 9.59 Å². The number of amides is 2. The number of hydrogen-bond donors (Lipinski definition) is 2. The van der Waals surface area contributed by atoms with Crippen LogP contribution in [0.3, 0.4) is 0 Å². The van der Waals surface area contributed by atoms with E-state index in [1.165, 1.54) is 11.3 Å². The second kappa shape index (κ2) is 8.26. The Balaban J connectivity index is 1.74. The van der Waals surface area contributed by atoms with Crippen molar-refractivity contribution in [3.63, 3.8) is 0 Å². The van der Waals surface area contributed by atoms with Crippen LogP contribution < -0.4 is 10.6 Å². The lowest BCUT2D eigenvalue weighted by Crippen LogP contribution is -2.40. The average molecular weight is 350 g/mol. The molecule has 0 aliphatic carbocycles. The Morgan fingerprint density at radius 2 is 1.56 bits per heavy atom. The van der Waals surface area contributed by atoms with Crippen molar-refractivity contribution in [2.45, 2.75) is 12.6 Å². The summed E-state index contributed by atoms with van der Waals surface area (Å²) in [5.74, 6) is -0.487. The van der Waals surface area contributed by atoms with Gasteiger partial charge in [0.05, 0.1) is 4.88 Å². The van der Waals surface area contributed by atoms with Gasteiger partial charge in [-0.15, -0.1) is 11.3 Å². The summed E-state index contributed by atoms with van der Waals surface area (Å²) < 4.78 is 0. The molecule has 1 heterocycles. The van der Waals surface area contributed by atoms with Crippen molar-refractivity contribution in [2.24, 2.45) is 0 Å². The van der Waals surface area contributed by atoms with Gasteiger partial charge in [0, 0.05) is 6.54 Å². The predicted octanol–water partition coefficient (Wildman–Crippen LogP) is 3.54. The molecule has 0 saturated heterocycles. The molecular weight excluding hydrogens is 332 g/mol. The molecule has 4 nitrogen and oxygen atoms in total. The van der Waals surface area contributed by atoms with E-state index in [1.807, 2.05) is 72.1 Å². The summed E-state index contributed by atoms with van der Waals surface area (Å²) in [6.07, 6.45) is 0. The second-order valence-corrected chi connectivity index (χ2v) is 6.45. The number of thiophene rings is 1. The Morgan fingerprint density at radius 3 is 2.20 bits per heavy atom. The maximum atomic E-state index is 12.7. The summed E-state index contributed by atoms with van der Waals surface area (Å²) in [6, 6.07) is 21.7. The van der Waals surface area contributed by atoms with E-state index in [4.69, 9.17) is 0 Å². The topological polar surface area (TPSA) is 58.2 Å². The third-order valence-electron chi connectivity index (χ3n) is 3.73. The molecule has 0 fully saturated rings. The lowest BCUT2D eigenvalue weighted by Gasteiger charge is -2.18. The Hall–Kier alpha value is -2.92. The van der Waals surface area contributed by atoms with E-state index < -0.39 is 6.04 Å². The molecule has 0 aliphatic heterocycles. The maximum absolute atomic E-state index is 12.7. The van der Waals surface area contributed by atoms with Crippen LogP contribution in [0.5, 0.6) is 0 Å². The molecule has 2 amide bonds. The van der Waals surface area contributed by atoms with Gasteiger partial charge in [-0.25, -0.2) is 0 Å². The van der Waals surface area contributed by atoms with Crippen molar-refractivity contribution in [1.29, 1.82) is 0 Å². The Bertz CT molecular complexity index is 817. The van der Waals surface area contributed by atoms with E-state index in [9.17, 15) is 9.59 Å². The maximum Gasteiger partial charge on any atom is 0.262 e. The lowest BCUT2D eigenvalue weighted by molar-refractivity contribution is -0.123. The van der Waals surface area contributed by atoms with Gasteiger partial charge in [-0.2, -0.15) is 0 Å². The highest BCUT2D eigenvalue weighted by atomic mass is 32.1. The molecule has 0 aliphatic rings. The highest BCUT2D eigenvalue weighted by Crippen LogP contribution is 2.16. The first kappa shape index (κ1) is 16.9. The van der Waals surface area contributed by atoms with Crippen molar-refractivity contribution in [3.05, 3.63) is 94.2 Å². The monoisotopic (exact) mass is 350 g/mol. The number of carbonyl (C=O) groups is 2. The third kappa shape index (κ3) is 4.55. The number of benzene rings is 2. The highest BCUT2D eigenvalue weighted by Gasteiger charge is 2.23. The van der Waals surface area contributed by atoms with Gasteiger partial charge < -0.3 is 10.6 Å². The minimum Gasteiger partial charge on any atom is -0.350 e. The van der Waals surface area contributed by atoms with Crippen LogP contribution in [0, 0.1) is 0 Å². The number of rotatable bonds is 6. The summed E-state index contributed by atoms with van der Waals surface area (Å²) in [7, 11) is 0. The van der Waals surface area contributed by atoms with E-state index in [1.54, 1.807) is 6.07 Å². The van der Waals surface area contributed by atoms with Crippen LogP contribution in [0.15, 0.2) is 78.2 Å². The molecule has 3 rings (SSSR count). The minimum atomic E-state index is -0.737. The van der Waals surface area contributed by atoms with Gasteiger partial charge in [0.15, 0.2) is 0 Å². The highest BCUT2D eigenvalue weighted by molar-refractivity contribution is 7.12. The number of carbonyl (C=O) groups excluding carboxylic acids is 2. The van der Waals surface area contributed by atoms with E-state index in [-0.39, 0.29) is 11.8 Å². The molecule has 1 unspecified atom stereocenters. The second-order valence-electron chi connectivity index (χ2n) is 5.50. The summed E-state index contributed by atoms with van der Waals surface area (Å²) >= 11 is 1.35. The third-order valence-corrected chi connectivity index (χ3v) is 4.59. The molecule has 2 aromatic carbocycles. The smallest absolute Gasteiger partial charge is 0.262 e. The van der Waals surface area contributed by atoms with Crippen LogP contribution >= 0.6 is 11.3 Å². The molecule has 1 aromatic heterocycles. The molecule has 2 N–H and O–H groups in total. The molecular formula is C20H18N2O2S. The predicted molar refractivity (Wildman–Crippen MR) is 99.3 cm³/mol. The molecule has 126 valence electrons.